The maximum absolute atomic E-state index is 14.5. The maximum Gasteiger partial charge on any atom is 0.260 e. The molecule has 1 aromatic carbocycles. The Hall–Kier alpha value is -1.69. The third-order valence-electron chi connectivity index (χ3n) is 5.78. The number of carbonyl (C=O) groups is 1. The van der Waals surface area contributed by atoms with E-state index < -0.39 is 11.3 Å². The van der Waals surface area contributed by atoms with Gasteiger partial charge in [0.25, 0.3) is 5.91 Å². The van der Waals surface area contributed by atoms with E-state index in [0.29, 0.717) is 39.1 Å². The lowest BCUT2D eigenvalue weighted by Crippen LogP contribution is -2.63. The number of carbonyl (C=O) groups excluding carboxylic acids is 1. The SMILES string of the molecule is O=C(N1CCOC2(CCCN(c3cccc(F)c3)C2)C1)C1(F)CCC1. The molecule has 1 amide bonds. The zero-order chi connectivity index (χ0) is 17.5. The van der Waals surface area contributed by atoms with Crippen LogP contribution in [0.1, 0.15) is 32.1 Å². The summed E-state index contributed by atoms with van der Waals surface area (Å²) in [6.07, 6.45) is 3.20. The molecule has 1 unspecified atom stereocenters. The fourth-order valence-corrected chi connectivity index (χ4v) is 4.24. The van der Waals surface area contributed by atoms with Crippen LogP contribution in [0.2, 0.25) is 0 Å². The van der Waals surface area contributed by atoms with E-state index in [4.69, 9.17) is 4.74 Å². The monoisotopic (exact) mass is 350 g/mol. The lowest BCUT2D eigenvalue weighted by molar-refractivity contribution is -0.168. The van der Waals surface area contributed by atoms with Crippen LogP contribution in [0.5, 0.6) is 0 Å². The number of piperidine rings is 1. The van der Waals surface area contributed by atoms with Crippen molar-refractivity contribution in [3.8, 4) is 0 Å². The molecular formula is C19H24F2N2O2. The molecule has 1 aliphatic carbocycles. The fraction of sp³-hybridized carbons (Fsp3) is 0.632. The third-order valence-corrected chi connectivity index (χ3v) is 5.78. The molecule has 1 aromatic rings. The standard InChI is InChI=1S/C19H24F2N2O2/c20-15-4-1-5-16(12-15)22-9-3-6-18(13-22)14-23(10-11-25-18)17(24)19(21)7-2-8-19/h1,4-5,12H,2-3,6-11,13-14H2. The summed E-state index contributed by atoms with van der Waals surface area (Å²) < 4.78 is 34.2. The van der Waals surface area contributed by atoms with Crippen LogP contribution in [0.25, 0.3) is 0 Å². The largest absolute Gasteiger partial charge is 0.369 e. The van der Waals surface area contributed by atoms with Crippen molar-refractivity contribution in [2.75, 3.05) is 37.7 Å². The maximum atomic E-state index is 14.5. The van der Waals surface area contributed by atoms with Crippen LogP contribution < -0.4 is 4.90 Å². The van der Waals surface area contributed by atoms with Crippen molar-refractivity contribution in [1.82, 2.24) is 4.90 Å². The van der Waals surface area contributed by atoms with Gasteiger partial charge in [-0.15, -0.1) is 0 Å². The number of hydrogen-bond donors (Lipinski definition) is 0. The molecule has 1 saturated carbocycles. The van der Waals surface area contributed by atoms with Crippen molar-refractivity contribution in [2.24, 2.45) is 0 Å². The Morgan fingerprint density at radius 2 is 1.96 bits per heavy atom. The molecule has 2 aliphatic heterocycles. The fourth-order valence-electron chi connectivity index (χ4n) is 4.24. The number of halogens is 2. The van der Waals surface area contributed by atoms with E-state index in [1.54, 1.807) is 11.0 Å². The molecule has 25 heavy (non-hydrogen) atoms. The Morgan fingerprint density at radius 1 is 1.12 bits per heavy atom. The highest BCUT2D eigenvalue weighted by molar-refractivity contribution is 5.86. The summed E-state index contributed by atoms with van der Waals surface area (Å²) in [4.78, 5) is 16.3. The second kappa shape index (κ2) is 6.24. The van der Waals surface area contributed by atoms with Crippen LogP contribution in [-0.4, -0.2) is 54.9 Å². The average Bonchev–Trinajstić information content (AvgIpc) is 2.59. The zero-order valence-corrected chi connectivity index (χ0v) is 14.3. The predicted molar refractivity (Wildman–Crippen MR) is 90.8 cm³/mol. The van der Waals surface area contributed by atoms with Crippen LogP contribution in [0.3, 0.4) is 0 Å². The van der Waals surface area contributed by atoms with Crippen molar-refractivity contribution < 1.29 is 18.3 Å². The molecule has 0 N–H and O–H groups in total. The quantitative estimate of drug-likeness (QED) is 0.822. The number of morpholine rings is 1. The zero-order valence-electron chi connectivity index (χ0n) is 14.3. The first-order valence-electron chi connectivity index (χ1n) is 9.13. The van der Waals surface area contributed by atoms with Gasteiger partial charge in [0.15, 0.2) is 5.67 Å². The number of alkyl halides is 1. The van der Waals surface area contributed by atoms with E-state index >= 15 is 0 Å². The van der Waals surface area contributed by atoms with Gasteiger partial charge in [-0.1, -0.05) is 6.07 Å². The number of ether oxygens (including phenoxy) is 1. The van der Waals surface area contributed by atoms with Crippen LogP contribution in [0.4, 0.5) is 14.5 Å². The van der Waals surface area contributed by atoms with Gasteiger partial charge >= 0.3 is 0 Å². The van der Waals surface area contributed by atoms with Crippen molar-refractivity contribution >= 4 is 11.6 Å². The predicted octanol–water partition coefficient (Wildman–Crippen LogP) is 2.92. The van der Waals surface area contributed by atoms with Gasteiger partial charge in [-0.25, -0.2) is 8.78 Å². The van der Waals surface area contributed by atoms with E-state index in [-0.39, 0.29) is 11.7 Å². The molecule has 6 heteroatoms. The molecule has 136 valence electrons. The van der Waals surface area contributed by atoms with E-state index in [9.17, 15) is 13.6 Å². The smallest absolute Gasteiger partial charge is 0.260 e. The molecule has 3 fully saturated rings. The minimum atomic E-state index is -1.66. The molecular weight excluding hydrogens is 326 g/mol. The molecule has 0 aromatic heterocycles. The van der Waals surface area contributed by atoms with Gasteiger partial charge in [0.1, 0.15) is 11.4 Å². The highest BCUT2D eigenvalue weighted by Crippen LogP contribution is 2.39. The lowest BCUT2D eigenvalue weighted by Gasteiger charge is -2.50. The number of hydrogen-bond acceptors (Lipinski definition) is 3. The summed E-state index contributed by atoms with van der Waals surface area (Å²) in [7, 11) is 0. The van der Waals surface area contributed by atoms with Gasteiger partial charge in [-0.2, -0.15) is 0 Å². The average molecular weight is 350 g/mol. The second-order valence-corrected chi connectivity index (χ2v) is 7.58. The molecule has 2 heterocycles. The van der Waals surface area contributed by atoms with E-state index in [0.717, 1.165) is 31.5 Å². The topological polar surface area (TPSA) is 32.8 Å². The normalized spacial score (nSPS) is 28.7. The highest BCUT2D eigenvalue weighted by Gasteiger charge is 2.50. The molecule has 2 saturated heterocycles. The van der Waals surface area contributed by atoms with E-state index in [1.807, 2.05) is 6.07 Å². The first-order valence-corrected chi connectivity index (χ1v) is 9.13. The van der Waals surface area contributed by atoms with Crippen molar-refractivity contribution in [1.29, 1.82) is 0 Å². The van der Waals surface area contributed by atoms with Gasteiger partial charge in [0.05, 0.1) is 13.2 Å². The Balaban J connectivity index is 1.49. The van der Waals surface area contributed by atoms with Crippen molar-refractivity contribution in [2.45, 2.75) is 43.4 Å². The minimum Gasteiger partial charge on any atom is -0.369 e. The summed E-state index contributed by atoms with van der Waals surface area (Å²) in [6.45, 7) is 2.73. The Bertz CT molecular complexity index is 661. The Labute approximate surface area is 146 Å². The van der Waals surface area contributed by atoms with E-state index in [1.165, 1.54) is 12.1 Å². The number of amides is 1. The molecule has 0 bridgehead atoms. The van der Waals surface area contributed by atoms with Gasteiger partial charge in [-0.05, 0) is 50.3 Å². The van der Waals surface area contributed by atoms with Gasteiger partial charge in [0, 0.05) is 25.3 Å². The van der Waals surface area contributed by atoms with Crippen LogP contribution >= 0.6 is 0 Å². The highest BCUT2D eigenvalue weighted by atomic mass is 19.1. The second-order valence-electron chi connectivity index (χ2n) is 7.58. The first-order chi connectivity index (χ1) is 12.0. The summed E-state index contributed by atoms with van der Waals surface area (Å²) in [5, 5.41) is 0. The van der Waals surface area contributed by atoms with Crippen molar-refractivity contribution in [3.05, 3.63) is 30.1 Å². The van der Waals surface area contributed by atoms with Crippen molar-refractivity contribution in [3.63, 3.8) is 0 Å². The van der Waals surface area contributed by atoms with Crippen LogP contribution in [0.15, 0.2) is 24.3 Å². The van der Waals surface area contributed by atoms with Gasteiger partial charge in [0.2, 0.25) is 0 Å². The van der Waals surface area contributed by atoms with Gasteiger partial charge in [-0.3, -0.25) is 4.79 Å². The summed E-state index contributed by atoms with van der Waals surface area (Å²) in [5.74, 6) is -0.632. The van der Waals surface area contributed by atoms with Crippen LogP contribution in [0, 0.1) is 5.82 Å². The molecule has 4 nitrogen and oxygen atoms in total. The number of rotatable bonds is 2. The molecule has 1 spiro atoms. The molecule has 0 radical (unpaired) electrons. The summed E-state index contributed by atoms with van der Waals surface area (Å²) >= 11 is 0. The molecule has 1 atom stereocenters. The number of benzene rings is 1. The number of anilines is 1. The number of nitrogens with zero attached hydrogens (tertiary/aromatic N) is 2. The Morgan fingerprint density at radius 3 is 2.68 bits per heavy atom. The van der Waals surface area contributed by atoms with E-state index in [2.05, 4.69) is 4.90 Å². The summed E-state index contributed by atoms with van der Waals surface area (Å²) in [5.41, 5.74) is -1.32. The van der Waals surface area contributed by atoms with Gasteiger partial charge < -0.3 is 14.5 Å². The third kappa shape index (κ3) is 3.12. The van der Waals surface area contributed by atoms with Crippen LogP contribution in [-0.2, 0) is 9.53 Å². The summed E-state index contributed by atoms with van der Waals surface area (Å²) in [6, 6.07) is 6.54. The Kier molecular flexibility index (Phi) is 4.18. The lowest BCUT2D eigenvalue weighted by atomic mass is 9.80. The minimum absolute atomic E-state index is 0.261. The first kappa shape index (κ1) is 16.8. The molecule has 3 aliphatic rings. The molecule has 4 rings (SSSR count).